The fourth-order valence-electron chi connectivity index (χ4n) is 1.34. The van der Waals surface area contributed by atoms with Crippen LogP contribution in [0.5, 0.6) is 0 Å². The topological polar surface area (TPSA) is 64.9 Å². The van der Waals surface area contributed by atoms with Gasteiger partial charge in [-0.25, -0.2) is 0 Å². The van der Waals surface area contributed by atoms with E-state index in [0.717, 1.165) is 11.4 Å². The third-order valence-electron chi connectivity index (χ3n) is 2.28. The molecular weight excluding hydrogens is 150 g/mol. The Labute approximate surface area is 71.8 Å². The highest BCUT2D eigenvalue weighted by atomic mass is 14.8. The number of hydrogen-bond acceptors (Lipinski definition) is 3. The molecular formula is C9H13N3. The number of aromatic nitrogens is 1. The minimum Gasteiger partial charge on any atom is -0.399 e. The Morgan fingerprint density at radius 1 is 1.50 bits per heavy atom. The van der Waals surface area contributed by atoms with Crippen molar-refractivity contribution in [1.82, 2.24) is 4.98 Å². The Bertz CT molecular complexity index is 281. The number of rotatable bonds is 2. The van der Waals surface area contributed by atoms with Crippen LogP contribution in [0, 0.1) is 5.92 Å². The van der Waals surface area contributed by atoms with Crippen LogP contribution in [-0.2, 0) is 0 Å². The quantitative estimate of drug-likeness (QED) is 0.685. The molecule has 2 rings (SSSR count). The highest BCUT2D eigenvalue weighted by Gasteiger charge is 2.30. The highest BCUT2D eigenvalue weighted by Crippen LogP contribution is 2.38. The molecule has 3 nitrogen and oxygen atoms in total. The summed E-state index contributed by atoms with van der Waals surface area (Å²) in [5.74, 6) is 0.638. The Hall–Kier alpha value is -1.09. The van der Waals surface area contributed by atoms with Gasteiger partial charge in [0.1, 0.15) is 0 Å². The molecule has 1 saturated carbocycles. The highest BCUT2D eigenvalue weighted by molar-refractivity contribution is 5.38. The van der Waals surface area contributed by atoms with E-state index in [-0.39, 0.29) is 6.04 Å². The molecule has 0 aromatic carbocycles. The van der Waals surface area contributed by atoms with E-state index in [1.165, 1.54) is 12.8 Å². The molecule has 0 spiro atoms. The van der Waals surface area contributed by atoms with Crippen molar-refractivity contribution in [3.63, 3.8) is 0 Å². The number of nitrogen functional groups attached to an aromatic ring is 1. The fraction of sp³-hybridized carbons (Fsp3) is 0.444. The van der Waals surface area contributed by atoms with Gasteiger partial charge in [-0.05, 0) is 30.9 Å². The first-order valence-electron chi connectivity index (χ1n) is 4.24. The minimum atomic E-state index is 0.0912. The van der Waals surface area contributed by atoms with Crippen LogP contribution in [0.2, 0.25) is 0 Å². The maximum Gasteiger partial charge on any atom is 0.0594 e. The molecule has 1 aromatic heterocycles. The van der Waals surface area contributed by atoms with Crippen molar-refractivity contribution >= 4 is 5.69 Å². The number of pyridine rings is 1. The second-order valence-corrected chi connectivity index (χ2v) is 3.38. The normalized spacial score (nSPS) is 19.1. The minimum absolute atomic E-state index is 0.0912. The summed E-state index contributed by atoms with van der Waals surface area (Å²) < 4.78 is 0. The molecule has 1 heterocycles. The third-order valence-corrected chi connectivity index (χ3v) is 2.28. The molecule has 4 N–H and O–H groups in total. The molecule has 1 aliphatic rings. The summed E-state index contributed by atoms with van der Waals surface area (Å²) in [5, 5.41) is 0. The van der Waals surface area contributed by atoms with Crippen LogP contribution in [-0.4, -0.2) is 4.98 Å². The maximum atomic E-state index is 5.95. The zero-order valence-electron chi connectivity index (χ0n) is 6.90. The van der Waals surface area contributed by atoms with E-state index in [4.69, 9.17) is 11.5 Å². The van der Waals surface area contributed by atoms with Gasteiger partial charge in [0.05, 0.1) is 5.69 Å². The van der Waals surface area contributed by atoms with Crippen molar-refractivity contribution in [1.29, 1.82) is 0 Å². The van der Waals surface area contributed by atoms with Crippen LogP contribution in [0.4, 0.5) is 5.69 Å². The fourth-order valence-corrected chi connectivity index (χ4v) is 1.34. The van der Waals surface area contributed by atoms with Crippen molar-refractivity contribution in [2.45, 2.75) is 18.9 Å². The molecule has 3 heteroatoms. The van der Waals surface area contributed by atoms with E-state index >= 15 is 0 Å². The second-order valence-electron chi connectivity index (χ2n) is 3.38. The first-order valence-corrected chi connectivity index (χ1v) is 4.24. The lowest BCUT2D eigenvalue weighted by Crippen LogP contribution is -2.14. The van der Waals surface area contributed by atoms with Gasteiger partial charge in [-0.3, -0.25) is 4.98 Å². The molecule has 0 bridgehead atoms. The Morgan fingerprint density at radius 3 is 2.83 bits per heavy atom. The number of anilines is 1. The van der Waals surface area contributed by atoms with Gasteiger partial charge < -0.3 is 11.5 Å². The molecule has 0 amide bonds. The molecule has 1 fully saturated rings. The maximum absolute atomic E-state index is 5.95. The zero-order valence-corrected chi connectivity index (χ0v) is 6.90. The van der Waals surface area contributed by atoms with Crippen LogP contribution in [0.3, 0.4) is 0 Å². The van der Waals surface area contributed by atoms with Crippen LogP contribution in [0.25, 0.3) is 0 Å². The van der Waals surface area contributed by atoms with E-state index in [9.17, 15) is 0 Å². The summed E-state index contributed by atoms with van der Waals surface area (Å²) in [5.41, 5.74) is 13.2. The number of nitrogens with two attached hydrogens (primary N) is 2. The van der Waals surface area contributed by atoms with Gasteiger partial charge in [0.25, 0.3) is 0 Å². The summed E-state index contributed by atoms with van der Waals surface area (Å²) in [7, 11) is 0. The zero-order chi connectivity index (χ0) is 8.55. The summed E-state index contributed by atoms with van der Waals surface area (Å²) in [6.07, 6.45) is 4.18. The van der Waals surface area contributed by atoms with E-state index in [0.29, 0.717) is 5.92 Å². The first kappa shape index (κ1) is 7.55. The van der Waals surface area contributed by atoms with Crippen LogP contribution in [0.1, 0.15) is 24.6 Å². The van der Waals surface area contributed by atoms with Crippen molar-refractivity contribution in [2.75, 3.05) is 5.73 Å². The van der Waals surface area contributed by atoms with Crippen molar-refractivity contribution in [3.05, 3.63) is 24.0 Å². The lowest BCUT2D eigenvalue weighted by Gasteiger charge is -2.09. The standard InChI is InChI=1S/C9H13N3/c10-7-3-4-12-8(5-7)9(11)6-1-2-6/h3-6,9H,1-2,11H2,(H2,10,12). The summed E-state index contributed by atoms with van der Waals surface area (Å²) in [6, 6.07) is 3.74. The largest absolute Gasteiger partial charge is 0.399 e. The molecule has 0 aliphatic heterocycles. The summed E-state index contributed by atoms with van der Waals surface area (Å²) >= 11 is 0. The van der Waals surface area contributed by atoms with Crippen LogP contribution < -0.4 is 11.5 Å². The average molecular weight is 163 g/mol. The van der Waals surface area contributed by atoms with Crippen LogP contribution in [0.15, 0.2) is 18.3 Å². The van der Waals surface area contributed by atoms with E-state index < -0.39 is 0 Å². The molecule has 1 aliphatic carbocycles. The third kappa shape index (κ3) is 1.41. The molecule has 1 aromatic rings. The van der Waals surface area contributed by atoms with Gasteiger partial charge in [-0.1, -0.05) is 0 Å². The van der Waals surface area contributed by atoms with E-state index in [1.54, 1.807) is 12.3 Å². The average Bonchev–Trinajstić information content (AvgIpc) is 2.85. The summed E-state index contributed by atoms with van der Waals surface area (Å²) in [4.78, 5) is 4.20. The van der Waals surface area contributed by atoms with Gasteiger partial charge in [0.15, 0.2) is 0 Å². The predicted octanol–water partition coefficient (Wildman–Crippen LogP) is 1.07. The summed E-state index contributed by atoms with van der Waals surface area (Å²) in [6.45, 7) is 0. The lowest BCUT2D eigenvalue weighted by molar-refractivity contribution is 0.615. The second kappa shape index (κ2) is 2.75. The van der Waals surface area contributed by atoms with E-state index in [2.05, 4.69) is 4.98 Å². The molecule has 0 saturated heterocycles. The number of nitrogens with zero attached hydrogens (tertiary/aromatic N) is 1. The predicted molar refractivity (Wildman–Crippen MR) is 48.3 cm³/mol. The SMILES string of the molecule is Nc1ccnc(C(N)C2CC2)c1. The van der Waals surface area contributed by atoms with Gasteiger partial charge >= 0.3 is 0 Å². The van der Waals surface area contributed by atoms with Crippen LogP contribution >= 0.6 is 0 Å². The Morgan fingerprint density at radius 2 is 2.25 bits per heavy atom. The molecule has 1 atom stereocenters. The lowest BCUT2D eigenvalue weighted by atomic mass is 10.1. The Kier molecular flexibility index (Phi) is 1.73. The van der Waals surface area contributed by atoms with Gasteiger partial charge in [0, 0.05) is 17.9 Å². The van der Waals surface area contributed by atoms with Gasteiger partial charge in [0.2, 0.25) is 0 Å². The van der Waals surface area contributed by atoms with Gasteiger partial charge in [-0.15, -0.1) is 0 Å². The monoisotopic (exact) mass is 163 g/mol. The molecule has 12 heavy (non-hydrogen) atoms. The van der Waals surface area contributed by atoms with Gasteiger partial charge in [-0.2, -0.15) is 0 Å². The van der Waals surface area contributed by atoms with E-state index in [1.807, 2.05) is 6.07 Å². The Balaban J connectivity index is 2.20. The smallest absolute Gasteiger partial charge is 0.0594 e. The number of hydrogen-bond donors (Lipinski definition) is 2. The molecule has 1 unspecified atom stereocenters. The molecule has 64 valence electrons. The first-order chi connectivity index (χ1) is 5.77. The van der Waals surface area contributed by atoms with Crippen molar-refractivity contribution < 1.29 is 0 Å². The van der Waals surface area contributed by atoms with Crippen molar-refractivity contribution in [2.24, 2.45) is 11.7 Å². The molecule has 0 radical (unpaired) electrons. The van der Waals surface area contributed by atoms with Crippen molar-refractivity contribution in [3.8, 4) is 0 Å².